The third kappa shape index (κ3) is 4.62. The predicted octanol–water partition coefficient (Wildman–Crippen LogP) is 4.29. The highest BCUT2D eigenvalue weighted by Crippen LogP contribution is 2.34. The molecule has 0 aliphatic carbocycles. The van der Waals surface area contributed by atoms with Crippen molar-refractivity contribution in [3.8, 4) is 22.8 Å². The molecule has 154 valence electrons. The summed E-state index contributed by atoms with van der Waals surface area (Å²) in [4.78, 5) is 4.76. The average molecular weight is 413 g/mol. The number of aromatic nitrogens is 3. The first-order valence-corrected chi connectivity index (χ1v) is 10.9. The largest absolute Gasteiger partial charge is 0.490 e. The minimum absolute atomic E-state index is 0.0938. The van der Waals surface area contributed by atoms with E-state index in [-0.39, 0.29) is 5.41 Å². The van der Waals surface area contributed by atoms with E-state index in [1.807, 2.05) is 23.9 Å². The number of aryl methyl sites for hydroxylation is 1. The van der Waals surface area contributed by atoms with Crippen LogP contribution in [-0.4, -0.2) is 28.0 Å². The van der Waals surface area contributed by atoms with Crippen LogP contribution in [0.2, 0.25) is 0 Å². The minimum Gasteiger partial charge on any atom is -0.490 e. The SMILES string of the molecule is Cn1cc(CNCc2csc(C(C)(C)C)n2)c(-c2ccc3c(c2)OCCCO3)n1. The van der Waals surface area contributed by atoms with E-state index in [0.717, 1.165) is 53.5 Å². The smallest absolute Gasteiger partial charge is 0.161 e. The molecule has 3 aromatic rings. The summed E-state index contributed by atoms with van der Waals surface area (Å²) in [7, 11) is 1.95. The Bertz CT molecular complexity index is 987. The van der Waals surface area contributed by atoms with Gasteiger partial charge in [-0.2, -0.15) is 5.10 Å². The predicted molar refractivity (Wildman–Crippen MR) is 116 cm³/mol. The summed E-state index contributed by atoms with van der Waals surface area (Å²) < 4.78 is 13.4. The zero-order chi connectivity index (χ0) is 20.4. The van der Waals surface area contributed by atoms with Gasteiger partial charge in [-0.3, -0.25) is 4.68 Å². The third-order valence-corrected chi connectivity index (χ3v) is 6.06. The molecule has 0 bridgehead atoms. The topological polar surface area (TPSA) is 61.2 Å². The van der Waals surface area contributed by atoms with E-state index in [9.17, 15) is 0 Å². The van der Waals surface area contributed by atoms with Crippen LogP contribution in [0.15, 0.2) is 29.8 Å². The summed E-state index contributed by atoms with van der Waals surface area (Å²) in [5.41, 5.74) is 4.32. The van der Waals surface area contributed by atoms with Gasteiger partial charge in [0, 0.05) is 54.7 Å². The van der Waals surface area contributed by atoms with Gasteiger partial charge in [-0.1, -0.05) is 20.8 Å². The first-order chi connectivity index (χ1) is 13.9. The van der Waals surface area contributed by atoms with Crippen molar-refractivity contribution in [3.63, 3.8) is 0 Å². The number of nitrogens with zero attached hydrogens (tertiary/aromatic N) is 3. The Labute approximate surface area is 175 Å². The molecular formula is C22H28N4O2S. The highest BCUT2D eigenvalue weighted by molar-refractivity contribution is 7.09. The van der Waals surface area contributed by atoms with Crippen LogP contribution >= 0.6 is 11.3 Å². The third-order valence-electron chi connectivity index (χ3n) is 4.74. The molecule has 3 heterocycles. The van der Waals surface area contributed by atoms with E-state index in [2.05, 4.69) is 48.8 Å². The van der Waals surface area contributed by atoms with Gasteiger partial charge in [-0.05, 0) is 18.2 Å². The molecule has 6 nitrogen and oxygen atoms in total. The number of thiazole rings is 1. The van der Waals surface area contributed by atoms with Crippen LogP contribution < -0.4 is 14.8 Å². The van der Waals surface area contributed by atoms with Crippen LogP contribution in [0.3, 0.4) is 0 Å². The van der Waals surface area contributed by atoms with Gasteiger partial charge in [0.05, 0.1) is 29.6 Å². The lowest BCUT2D eigenvalue weighted by Gasteiger charge is -2.13. The quantitative estimate of drug-likeness (QED) is 0.677. The van der Waals surface area contributed by atoms with Gasteiger partial charge in [0.2, 0.25) is 0 Å². The average Bonchev–Trinajstić information content (AvgIpc) is 3.22. The van der Waals surface area contributed by atoms with Crippen LogP contribution in [0, 0.1) is 0 Å². The van der Waals surface area contributed by atoms with Crippen molar-refractivity contribution in [2.75, 3.05) is 13.2 Å². The summed E-state index contributed by atoms with van der Waals surface area (Å²) >= 11 is 1.73. The number of rotatable bonds is 5. The maximum absolute atomic E-state index is 5.84. The van der Waals surface area contributed by atoms with Gasteiger partial charge in [-0.25, -0.2) is 4.98 Å². The molecule has 1 aromatic carbocycles. The number of fused-ring (bicyclic) bond motifs is 1. The summed E-state index contributed by atoms with van der Waals surface area (Å²) in [6, 6.07) is 6.06. The zero-order valence-electron chi connectivity index (χ0n) is 17.5. The fraction of sp³-hybridized carbons (Fsp3) is 0.455. The molecule has 1 N–H and O–H groups in total. The number of benzene rings is 1. The van der Waals surface area contributed by atoms with Gasteiger partial charge in [0.25, 0.3) is 0 Å². The number of hydrogen-bond acceptors (Lipinski definition) is 6. The normalized spacial score (nSPS) is 14.1. The molecule has 1 aliphatic rings. The molecule has 2 aromatic heterocycles. The molecule has 0 saturated carbocycles. The molecule has 0 unspecified atom stereocenters. The fourth-order valence-electron chi connectivity index (χ4n) is 3.28. The molecule has 4 rings (SSSR count). The Balaban J connectivity index is 1.47. The van der Waals surface area contributed by atoms with Crippen LogP contribution in [0.5, 0.6) is 11.5 Å². The summed E-state index contributed by atoms with van der Waals surface area (Å²) in [6.45, 7) is 9.42. The van der Waals surface area contributed by atoms with E-state index in [4.69, 9.17) is 14.5 Å². The molecule has 0 saturated heterocycles. The lowest BCUT2D eigenvalue weighted by Crippen LogP contribution is -2.14. The lowest BCUT2D eigenvalue weighted by molar-refractivity contribution is 0.297. The Morgan fingerprint density at radius 3 is 2.69 bits per heavy atom. The summed E-state index contributed by atoms with van der Waals surface area (Å²) in [6.07, 6.45) is 2.96. The van der Waals surface area contributed by atoms with Crippen molar-refractivity contribution in [1.82, 2.24) is 20.1 Å². The van der Waals surface area contributed by atoms with Gasteiger partial charge in [0.15, 0.2) is 11.5 Å². The van der Waals surface area contributed by atoms with E-state index >= 15 is 0 Å². The van der Waals surface area contributed by atoms with E-state index in [1.54, 1.807) is 11.3 Å². The highest BCUT2D eigenvalue weighted by atomic mass is 32.1. The van der Waals surface area contributed by atoms with E-state index in [0.29, 0.717) is 13.2 Å². The standard InChI is InChI=1S/C22H28N4O2S/c1-22(2,3)21-24-17(14-29-21)12-23-11-16-13-26(4)25-20(16)15-6-7-18-19(10-15)28-9-5-8-27-18/h6-7,10,13-14,23H,5,8-9,11-12H2,1-4H3. The van der Waals surface area contributed by atoms with Gasteiger partial charge in [-0.15, -0.1) is 11.3 Å². The van der Waals surface area contributed by atoms with E-state index in [1.165, 1.54) is 5.01 Å². The summed E-state index contributed by atoms with van der Waals surface area (Å²) in [5.74, 6) is 1.60. The fourth-order valence-corrected chi connectivity index (χ4v) is 4.19. The second kappa shape index (κ2) is 8.16. The molecule has 7 heteroatoms. The molecule has 0 radical (unpaired) electrons. The van der Waals surface area contributed by atoms with Crippen LogP contribution in [0.1, 0.15) is 43.5 Å². The Kier molecular flexibility index (Phi) is 5.61. The number of nitrogens with one attached hydrogen (secondary N) is 1. The van der Waals surface area contributed by atoms with Crippen molar-refractivity contribution in [1.29, 1.82) is 0 Å². The first kappa shape index (κ1) is 19.9. The Morgan fingerprint density at radius 2 is 1.93 bits per heavy atom. The van der Waals surface area contributed by atoms with Gasteiger partial charge in [0.1, 0.15) is 0 Å². The zero-order valence-corrected chi connectivity index (χ0v) is 18.3. The van der Waals surface area contributed by atoms with E-state index < -0.39 is 0 Å². The molecule has 1 aliphatic heterocycles. The first-order valence-electron chi connectivity index (χ1n) is 9.98. The van der Waals surface area contributed by atoms with Crippen molar-refractivity contribution in [3.05, 3.63) is 46.0 Å². The highest BCUT2D eigenvalue weighted by Gasteiger charge is 2.18. The second-order valence-corrected chi connectivity index (χ2v) is 9.24. The molecule has 0 amide bonds. The maximum Gasteiger partial charge on any atom is 0.161 e. The van der Waals surface area contributed by atoms with Crippen molar-refractivity contribution in [2.45, 2.75) is 45.7 Å². The molecular weight excluding hydrogens is 384 g/mol. The maximum atomic E-state index is 5.84. The van der Waals surface area contributed by atoms with Gasteiger partial charge < -0.3 is 14.8 Å². The molecule has 0 fully saturated rings. The number of hydrogen-bond donors (Lipinski definition) is 1. The minimum atomic E-state index is 0.0938. The van der Waals surface area contributed by atoms with Crippen LogP contribution in [-0.2, 0) is 25.6 Å². The van der Waals surface area contributed by atoms with Crippen molar-refractivity contribution >= 4 is 11.3 Å². The van der Waals surface area contributed by atoms with Crippen molar-refractivity contribution < 1.29 is 9.47 Å². The van der Waals surface area contributed by atoms with Crippen LogP contribution in [0.4, 0.5) is 0 Å². The monoisotopic (exact) mass is 412 g/mol. The Morgan fingerprint density at radius 1 is 1.14 bits per heavy atom. The number of ether oxygens (including phenoxy) is 2. The summed E-state index contributed by atoms with van der Waals surface area (Å²) in [5, 5.41) is 11.5. The van der Waals surface area contributed by atoms with Gasteiger partial charge >= 0.3 is 0 Å². The molecule has 0 spiro atoms. The molecule has 0 atom stereocenters. The lowest BCUT2D eigenvalue weighted by atomic mass is 9.98. The Hall–Kier alpha value is -2.38. The van der Waals surface area contributed by atoms with Crippen LogP contribution in [0.25, 0.3) is 11.3 Å². The second-order valence-electron chi connectivity index (χ2n) is 8.39. The molecule has 29 heavy (non-hydrogen) atoms. The van der Waals surface area contributed by atoms with Crippen molar-refractivity contribution in [2.24, 2.45) is 7.05 Å².